The summed E-state index contributed by atoms with van der Waals surface area (Å²) in [6.45, 7) is 9.73. The van der Waals surface area contributed by atoms with E-state index in [2.05, 4.69) is 46.4 Å². The van der Waals surface area contributed by atoms with Gasteiger partial charge in [0.2, 0.25) is 0 Å². The quantitative estimate of drug-likeness (QED) is 0.0849. The van der Waals surface area contributed by atoms with Gasteiger partial charge in [-0.25, -0.2) is 0 Å². The summed E-state index contributed by atoms with van der Waals surface area (Å²) in [5.41, 5.74) is 18.9. The Morgan fingerprint density at radius 2 is 1.15 bits per heavy atom. The fourth-order valence-corrected chi connectivity index (χ4v) is 7.44. The Labute approximate surface area is 307 Å². The summed E-state index contributed by atoms with van der Waals surface area (Å²) in [4.78, 5) is 29.0. The number of carbonyl (C=O) groups excluding carboxylic acids is 2. The molecule has 2 aliphatic rings. The number of para-hydroxylation sites is 2. The Kier molecular flexibility index (Phi) is 14.1. The van der Waals surface area contributed by atoms with Crippen LogP contribution in [0.1, 0.15) is 69.7 Å². The van der Waals surface area contributed by atoms with E-state index in [0.717, 1.165) is 72.4 Å². The van der Waals surface area contributed by atoms with E-state index in [9.17, 15) is 19.8 Å². The minimum Gasteiger partial charge on any atom is -0.488 e. The van der Waals surface area contributed by atoms with Crippen LogP contribution in [0.2, 0.25) is 0 Å². The number of nitrogens with zero attached hydrogens (tertiary/aromatic N) is 2. The Morgan fingerprint density at radius 3 is 1.54 bits per heavy atom. The predicted octanol–water partition coefficient (Wildman–Crippen LogP) is 2.57. The number of nitrogens with one attached hydrogen (secondary N) is 2. The first-order valence-corrected chi connectivity index (χ1v) is 18.6. The van der Waals surface area contributed by atoms with Crippen LogP contribution in [0, 0.1) is 0 Å². The first-order valence-electron chi connectivity index (χ1n) is 18.6. The maximum atomic E-state index is 12.3. The van der Waals surface area contributed by atoms with Crippen molar-refractivity contribution < 1.29 is 29.3 Å². The van der Waals surface area contributed by atoms with Gasteiger partial charge in [0.15, 0.2) is 11.5 Å². The Hall–Kier alpha value is -4.36. The Balaban J connectivity index is 1.05. The summed E-state index contributed by atoms with van der Waals surface area (Å²) >= 11 is 0. The molecule has 2 unspecified atom stereocenters. The topological polar surface area (TPSA) is 176 Å². The van der Waals surface area contributed by atoms with Crippen molar-refractivity contribution in [1.29, 1.82) is 0 Å². The van der Waals surface area contributed by atoms with Gasteiger partial charge >= 0.3 is 0 Å². The van der Waals surface area contributed by atoms with E-state index in [1.54, 1.807) is 0 Å². The van der Waals surface area contributed by atoms with Gasteiger partial charge in [0.05, 0.1) is 22.5 Å². The third-order valence-electron chi connectivity index (χ3n) is 9.77. The van der Waals surface area contributed by atoms with E-state index >= 15 is 0 Å². The normalized spacial score (nSPS) is 14.6. The number of primary amides is 2. The van der Waals surface area contributed by atoms with Crippen LogP contribution in [0.25, 0.3) is 0 Å². The molecule has 3 aromatic rings. The summed E-state index contributed by atoms with van der Waals surface area (Å²) < 4.78 is 12.2. The number of hydrogen-bond acceptors (Lipinski definition) is 10. The number of fused-ring (bicyclic) bond motifs is 2. The molecule has 52 heavy (non-hydrogen) atoms. The summed E-state index contributed by atoms with van der Waals surface area (Å²) in [7, 11) is 0. The number of rotatable bonds is 22. The van der Waals surface area contributed by atoms with Crippen molar-refractivity contribution in [1.82, 2.24) is 10.6 Å². The maximum absolute atomic E-state index is 12.3. The second-order valence-electron chi connectivity index (χ2n) is 13.9. The highest BCUT2D eigenvalue weighted by molar-refractivity contribution is 6.01. The lowest BCUT2D eigenvalue weighted by molar-refractivity contribution is 0.0992. The number of aliphatic hydroxyl groups is 2. The molecule has 12 nitrogen and oxygen atoms in total. The molecule has 2 heterocycles. The molecule has 0 radical (unpaired) electrons. The fourth-order valence-electron chi connectivity index (χ4n) is 7.44. The molecule has 0 saturated heterocycles. The number of aliphatic hydroxyl groups excluding tert-OH is 2. The number of carbonyl (C=O) groups is 2. The van der Waals surface area contributed by atoms with Gasteiger partial charge in [0.1, 0.15) is 13.2 Å². The number of anilines is 2. The smallest absolute Gasteiger partial charge is 0.250 e. The van der Waals surface area contributed by atoms with Crippen LogP contribution in [0.4, 0.5) is 11.4 Å². The molecule has 2 amide bonds. The molecule has 8 N–H and O–H groups in total. The van der Waals surface area contributed by atoms with Gasteiger partial charge in [0, 0.05) is 64.6 Å². The molecule has 0 aliphatic carbocycles. The second-order valence-corrected chi connectivity index (χ2v) is 13.9. The highest BCUT2D eigenvalue weighted by Crippen LogP contribution is 2.35. The van der Waals surface area contributed by atoms with E-state index < -0.39 is 11.8 Å². The van der Waals surface area contributed by atoms with Crippen LogP contribution in [0.5, 0.6) is 11.5 Å². The lowest BCUT2D eigenvalue weighted by Crippen LogP contribution is -2.32. The molecule has 3 aromatic carbocycles. The Morgan fingerprint density at radius 1 is 0.731 bits per heavy atom. The average molecular weight is 717 g/mol. The maximum Gasteiger partial charge on any atom is 0.250 e. The minimum absolute atomic E-state index is 0.118. The van der Waals surface area contributed by atoms with Gasteiger partial charge in [-0.15, -0.1) is 0 Å². The zero-order valence-corrected chi connectivity index (χ0v) is 30.7. The molecule has 0 fully saturated rings. The third kappa shape index (κ3) is 10.2. The van der Waals surface area contributed by atoms with Crippen LogP contribution in [-0.4, -0.2) is 99.8 Å². The molecule has 0 aromatic heterocycles. The predicted molar refractivity (Wildman–Crippen MR) is 205 cm³/mol. The number of hydrogen-bond donors (Lipinski definition) is 6. The molecule has 0 saturated carbocycles. The van der Waals surface area contributed by atoms with Gasteiger partial charge < -0.3 is 51.6 Å². The van der Waals surface area contributed by atoms with Gasteiger partial charge in [-0.05, 0) is 98.9 Å². The van der Waals surface area contributed by atoms with E-state index in [1.165, 1.54) is 0 Å². The standard InChI is InChI=1S/C40H56N6O6/c1-27(21-29-23-31-9-15-45(13-5-17-47)37(31)33(25-29)39(41)49)43-11-19-51-35-7-3-4-8-36(35)52-20-12-44-28(2)22-30-24-32-10-16-46(14-6-18-48)38(32)34(26-30)40(42)50/h3-4,7-8,23-28,43-44,47-48H,5-6,9-22H2,1-2H3,(H2,41,49)(H2,42,50). The van der Waals surface area contributed by atoms with Gasteiger partial charge in [0.25, 0.3) is 11.8 Å². The number of amides is 2. The highest BCUT2D eigenvalue weighted by atomic mass is 16.5. The molecule has 2 atom stereocenters. The molecule has 12 heteroatoms. The van der Waals surface area contributed by atoms with Gasteiger partial charge in [-0.2, -0.15) is 0 Å². The van der Waals surface area contributed by atoms with Crippen molar-refractivity contribution >= 4 is 23.2 Å². The zero-order valence-electron chi connectivity index (χ0n) is 30.7. The summed E-state index contributed by atoms with van der Waals surface area (Å²) in [5.74, 6) is 0.524. The molecular weight excluding hydrogens is 660 g/mol. The van der Waals surface area contributed by atoms with Crippen LogP contribution in [0.3, 0.4) is 0 Å². The first-order chi connectivity index (χ1) is 25.2. The van der Waals surface area contributed by atoms with E-state index in [4.69, 9.17) is 20.9 Å². The molecule has 5 rings (SSSR count). The van der Waals surface area contributed by atoms with Crippen molar-refractivity contribution in [2.24, 2.45) is 11.5 Å². The lowest BCUT2D eigenvalue weighted by atomic mass is 9.98. The molecule has 2 aliphatic heterocycles. The number of ether oxygens (including phenoxy) is 2. The van der Waals surface area contributed by atoms with Gasteiger partial charge in [-0.1, -0.05) is 24.3 Å². The molecular formula is C40H56N6O6. The lowest BCUT2D eigenvalue weighted by Gasteiger charge is -2.22. The Bertz CT molecular complexity index is 1550. The average Bonchev–Trinajstić information content (AvgIpc) is 3.73. The van der Waals surface area contributed by atoms with E-state index in [0.29, 0.717) is 74.9 Å². The highest BCUT2D eigenvalue weighted by Gasteiger charge is 2.27. The van der Waals surface area contributed by atoms with Crippen molar-refractivity contribution in [3.63, 3.8) is 0 Å². The number of benzene rings is 3. The third-order valence-corrected chi connectivity index (χ3v) is 9.77. The van der Waals surface area contributed by atoms with Crippen molar-refractivity contribution in [2.45, 2.75) is 64.5 Å². The van der Waals surface area contributed by atoms with Crippen LogP contribution in [-0.2, 0) is 25.7 Å². The summed E-state index contributed by atoms with van der Waals surface area (Å²) in [6, 6.07) is 16.2. The number of nitrogens with two attached hydrogens (primary N) is 2. The van der Waals surface area contributed by atoms with Crippen molar-refractivity contribution in [2.75, 3.05) is 75.5 Å². The van der Waals surface area contributed by atoms with Crippen LogP contribution >= 0.6 is 0 Å². The SMILES string of the molecule is CC(Cc1cc2c(c(C(N)=O)c1)N(CCCO)CC2)NCCOc1ccccc1OCCNC(C)Cc1cc2c(c(C(N)=O)c1)N(CCCO)CC2. The van der Waals surface area contributed by atoms with Crippen LogP contribution in [0.15, 0.2) is 48.5 Å². The summed E-state index contributed by atoms with van der Waals surface area (Å²) in [5, 5.41) is 25.6. The zero-order chi connectivity index (χ0) is 37.0. The van der Waals surface area contributed by atoms with E-state index in [-0.39, 0.29) is 25.3 Å². The van der Waals surface area contributed by atoms with Gasteiger partial charge in [-0.3, -0.25) is 9.59 Å². The summed E-state index contributed by atoms with van der Waals surface area (Å²) in [6.07, 6.45) is 4.53. The monoisotopic (exact) mass is 716 g/mol. The van der Waals surface area contributed by atoms with Crippen molar-refractivity contribution in [3.05, 3.63) is 81.9 Å². The first kappa shape index (κ1) is 38.9. The fraction of sp³-hybridized carbons (Fsp3) is 0.500. The second kappa shape index (κ2) is 18.9. The molecule has 282 valence electrons. The molecule has 0 bridgehead atoms. The largest absolute Gasteiger partial charge is 0.488 e. The van der Waals surface area contributed by atoms with E-state index in [1.807, 2.05) is 36.4 Å². The van der Waals surface area contributed by atoms with Crippen molar-refractivity contribution in [3.8, 4) is 11.5 Å². The van der Waals surface area contributed by atoms with Crippen LogP contribution < -0.4 is 41.4 Å². The molecule has 0 spiro atoms. The minimum atomic E-state index is -0.424.